The first kappa shape index (κ1) is 22.6. The lowest BCUT2D eigenvalue weighted by Crippen LogP contribution is -2.31. The second kappa shape index (κ2) is 9.49. The molecule has 0 aliphatic carbocycles. The number of benzene rings is 2. The van der Waals surface area contributed by atoms with Crippen LogP contribution in [0.15, 0.2) is 59.4 Å². The smallest absolute Gasteiger partial charge is 0.341 e. The van der Waals surface area contributed by atoms with Gasteiger partial charge in [-0.05, 0) is 39.6 Å². The molecule has 0 spiro atoms. The van der Waals surface area contributed by atoms with Crippen LogP contribution in [0.3, 0.4) is 0 Å². The molecular formula is C24H21N5O5. The Morgan fingerprint density at radius 1 is 0.971 bits per heavy atom. The van der Waals surface area contributed by atoms with Crippen molar-refractivity contribution in [2.45, 2.75) is 26.3 Å². The molecule has 4 rings (SSSR count). The number of aromatic nitrogens is 5. The molecule has 0 aliphatic rings. The molecule has 2 aromatic carbocycles. The highest BCUT2D eigenvalue weighted by atomic mass is 16.4. The monoisotopic (exact) mass is 459 g/mol. The summed E-state index contributed by atoms with van der Waals surface area (Å²) in [6, 6.07) is 16.0. The number of pyridine rings is 1. The molecule has 172 valence electrons. The Hall–Kier alpha value is -4.60. The summed E-state index contributed by atoms with van der Waals surface area (Å²) >= 11 is 0. The number of tetrazole rings is 1. The Morgan fingerprint density at radius 3 is 2.24 bits per heavy atom. The number of carboxylic acids is 2. The van der Waals surface area contributed by atoms with E-state index < -0.39 is 23.1 Å². The van der Waals surface area contributed by atoms with Crippen LogP contribution < -0.4 is 5.56 Å². The standard InChI is InChI=1S/C24H21N5O5/c1-2-5-20-18(23(31)32)12-19(24(33)34)22(30)29(20)13-14-8-10-15(11-9-14)16-6-3-4-7-17(16)21-25-27-28-26-21/h3-4,6-12H,2,5,13H2,1H3,(H,31,32)(H,33,34)(H,25,26,27,28). The van der Waals surface area contributed by atoms with Crippen molar-refractivity contribution in [1.29, 1.82) is 0 Å². The number of carboxylic acid groups (broad SMARTS) is 2. The summed E-state index contributed by atoms with van der Waals surface area (Å²) in [5.41, 5.74) is 2.17. The van der Waals surface area contributed by atoms with Crippen molar-refractivity contribution in [3.8, 4) is 22.5 Å². The van der Waals surface area contributed by atoms with Gasteiger partial charge in [0, 0.05) is 11.3 Å². The minimum Gasteiger partial charge on any atom is -0.478 e. The van der Waals surface area contributed by atoms with Crippen molar-refractivity contribution in [2.75, 3.05) is 0 Å². The van der Waals surface area contributed by atoms with Gasteiger partial charge in [0.1, 0.15) is 5.56 Å². The average Bonchev–Trinajstić information content (AvgIpc) is 3.36. The van der Waals surface area contributed by atoms with E-state index >= 15 is 0 Å². The van der Waals surface area contributed by atoms with Crippen LogP contribution in [-0.2, 0) is 13.0 Å². The Balaban J connectivity index is 1.75. The number of nitrogens with one attached hydrogen (secondary N) is 1. The van der Waals surface area contributed by atoms with Crippen molar-refractivity contribution in [3.05, 3.63) is 87.3 Å². The number of aromatic amines is 1. The summed E-state index contributed by atoms with van der Waals surface area (Å²) in [5.74, 6) is -2.20. The Kier molecular flexibility index (Phi) is 6.30. The molecule has 4 aromatic rings. The number of H-pyrrole nitrogens is 1. The molecule has 10 nitrogen and oxygen atoms in total. The van der Waals surface area contributed by atoms with Crippen LogP contribution in [0.25, 0.3) is 22.5 Å². The lowest BCUT2D eigenvalue weighted by Gasteiger charge is -2.17. The van der Waals surface area contributed by atoms with Gasteiger partial charge in [-0.1, -0.05) is 61.9 Å². The van der Waals surface area contributed by atoms with Gasteiger partial charge in [0.2, 0.25) is 0 Å². The summed E-state index contributed by atoms with van der Waals surface area (Å²) < 4.78 is 1.25. The van der Waals surface area contributed by atoms with Crippen LogP contribution in [0, 0.1) is 0 Å². The second-order valence-corrected chi connectivity index (χ2v) is 7.66. The predicted molar refractivity (Wildman–Crippen MR) is 123 cm³/mol. The fraction of sp³-hybridized carbons (Fsp3) is 0.167. The third kappa shape index (κ3) is 4.33. The molecule has 0 radical (unpaired) electrons. The number of rotatable bonds is 8. The Morgan fingerprint density at radius 2 is 1.65 bits per heavy atom. The van der Waals surface area contributed by atoms with Crippen LogP contribution in [0.1, 0.15) is 45.3 Å². The first-order valence-electron chi connectivity index (χ1n) is 10.6. The zero-order valence-corrected chi connectivity index (χ0v) is 18.2. The van der Waals surface area contributed by atoms with Crippen molar-refractivity contribution >= 4 is 11.9 Å². The van der Waals surface area contributed by atoms with Gasteiger partial charge < -0.3 is 14.8 Å². The Bertz CT molecular complexity index is 1410. The van der Waals surface area contributed by atoms with Gasteiger partial charge in [-0.25, -0.2) is 14.7 Å². The van der Waals surface area contributed by atoms with Gasteiger partial charge in [-0.15, -0.1) is 5.10 Å². The van der Waals surface area contributed by atoms with E-state index in [2.05, 4.69) is 20.6 Å². The fourth-order valence-electron chi connectivity index (χ4n) is 3.90. The summed E-state index contributed by atoms with van der Waals surface area (Å²) in [6.45, 7) is 1.91. The molecule has 10 heteroatoms. The maximum Gasteiger partial charge on any atom is 0.341 e. The molecule has 3 N–H and O–H groups in total. The average molecular weight is 459 g/mol. The van der Waals surface area contributed by atoms with Crippen LogP contribution >= 0.6 is 0 Å². The summed E-state index contributed by atoms with van der Waals surface area (Å²) in [5, 5.41) is 33.0. The first-order chi connectivity index (χ1) is 16.4. The molecule has 0 unspecified atom stereocenters. The molecule has 0 saturated heterocycles. The molecule has 2 aromatic heterocycles. The lowest BCUT2D eigenvalue weighted by molar-refractivity contribution is 0.0693. The summed E-state index contributed by atoms with van der Waals surface area (Å²) in [6.07, 6.45) is 0.922. The molecule has 0 atom stereocenters. The first-order valence-corrected chi connectivity index (χ1v) is 10.6. The molecule has 0 saturated carbocycles. The van der Waals surface area contributed by atoms with Crippen LogP contribution in [0.5, 0.6) is 0 Å². The van der Waals surface area contributed by atoms with E-state index in [1.165, 1.54) is 4.57 Å². The van der Waals surface area contributed by atoms with Gasteiger partial charge >= 0.3 is 11.9 Å². The third-order valence-electron chi connectivity index (χ3n) is 5.48. The highest BCUT2D eigenvalue weighted by Crippen LogP contribution is 2.29. The van der Waals surface area contributed by atoms with Crippen LogP contribution in [0.2, 0.25) is 0 Å². The lowest BCUT2D eigenvalue weighted by atomic mass is 9.98. The molecule has 2 heterocycles. The quantitative estimate of drug-likeness (QED) is 0.364. The summed E-state index contributed by atoms with van der Waals surface area (Å²) in [7, 11) is 0. The fourth-order valence-corrected chi connectivity index (χ4v) is 3.90. The van der Waals surface area contributed by atoms with E-state index in [-0.39, 0.29) is 12.1 Å². The van der Waals surface area contributed by atoms with E-state index in [9.17, 15) is 24.6 Å². The minimum absolute atomic E-state index is 0.0452. The molecular weight excluding hydrogens is 438 g/mol. The zero-order valence-electron chi connectivity index (χ0n) is 18.2. The highest BCUT2D eigenvalue weighted by Gasteiger charge is 2.22. The number of nitrogens with zero attached hydrogens (tertiary/aromatic N) is 4. The SMILES string of the molecule is CCCc1c(C(=O)O)cc(C(=O)O)c(=O)n1Cc1ccc(-c2ccccc2-c2nnn[nH]2)cc1. The maximum absolute atomic E-state index is 12.9. The highest BCUT2D eigenvalue weighted by molar-refractivity contribution is 5.94. The number of carbonyl (C=O) groups is 2. The molecule has 34 heavy (non-hydrogen) atoms. The zero-order chi connectivity index (χ0) is 24.2. The largest absolute Gasteiger partial charge is 0.478 e. The van der Waals surface area contributed by atoms with Crippen molar-refractivity contribution < 1.29 is 19.8 Å². The summed E-state index contributed by atoms with van der Waals surface area (Å²) in [4.78, 5) is 36.3. The number of hydrogen-bond acceptors (Lipinski definition) is 6. The van der Waals surface area contributed by atoms with Gasteiger partial charge in [0.25, 0.3) is 5.56 Å². The van der Waals surface area contributed by atoms with Gasteiger partial charge in [-0.2, -0.15) is 0 Å². The van der Waals surface area contributed by atoms with Gasteiger partial charge in [0.05, 0.1) is 12.1 Å². The van der Waals surface area contributed by atoms with Crippen molar-refractivity contribution in [3.63, 3.8) is 0 Å². The third-order valence-corrected chi connectivity index (χ3v) is 5.48. The van der Waals surface area contributed by atoms with E-state index in [4.69, 9.17) is 0 Å². The maximum atomic E-state index is 12.9. The van der Waals surface area contributed by atoms with E-state index in [0.717, 1.165) is 28.3 Å². The minimum atomic E-state index is -1.46. The van der Waals surface area contributed by atoms with Crippen LogP contribution in [0.4, 0.5) is 0 Å². The van der Waals surface area contributed by atoms with E-state index in [1.54, 1.807) is 0 Å². The van der Waals surface area contributed by atoms with Gasteiger partial charge in [0.15, 0.2) is 5.82 Å². The normalized spacial score (nSPS) is 10.9. The van der Waals surface area contributed by atoms with Crippen LogP contribution in [-0.4, -0.2) is 47.3 Å². The van der Waals surface area contributed by atoms with Gasteiger partial charge in [-0.3, -0.25) is 4.79 Å². The van der Waals surface area contributed by atoms with Crippen molar-refractivity contribution in [1.82, 2.24) is 25.2 Å². The second-order valence-electron chi connectivity index (χ2n) is 7.66. The number of aromatic carboxylic acids is 2. The Labute approximate surface area is 193 Å². The number of hydrogen-bond donors (Lipinski definition) is 3. The molecule has 0 bridgehead atoms. The van der Waals surface area contributed by atoms with E-state index in [1.807, 2.05) is 55.5 Å². The predicted octanol–water partition coefficient (Wildman–Crippen LogP) is 3.09. The molecule has 0 fully saturated rings. The molecule has 0 aliphatic heterocycles. The van der Waals surface area contributed by atoms with Crippen molar-refractivity contribution in [2.24, 2.45) is 0 Å². The molecule has 0 amide bonds. The van der Waals surface area contributed by atoms with E-state index in [0.29, 0.717) is 24.4 Å². The topological polar surface area (TPSA) is 151 Å².